The van der Waals surface area contributed by atoms with Crippen LogP contribution in [0.3, 0.4) is 0 Å². The molecule has 1 aromatic rings. The number of hydrogen-bond acceptors (Lipinski definition) is 2. The average molecular weight is 202 g/mol. The fourth-order valence-corrected chi connectivity index (χ4v) is 2.38. The second-order valence-electron chi connectivity index (χ2n) is 4.81. The molecule has 2 nitrogen and oxygen atoms in total. The molecule has 0 aliphatic heterocycles. The maximum atomic E-state index is 5.72. The van der Waals surface area contributed by atoms with E-state index in [2.05, 4.69) is 17.0 Å². The molecule has 0 amide bonds. The predicted octanol–water partition coefficient (Wildman–Crippen LogP) is 2.79. The lowest BCUT2D eigenvalue weighted by molar-refractivity contribution is 0.384. The summed E-state index contributed by atoms with van der Waals surface area (Å²) in [5.74, 6) is 0. The molecule has 1 aromatic carbocycles. The van der Waals surface area contributed by atoms with Crippen molar-refractivity contribution in [3.05, 3.63) is 24.3 Å². The van der Waals surface area contributed by atoms with Crippen LogP contribution in [-0.4, -0.2) is 12.1 Å². The Labute approximate surface area is 91.1 Å². The van der Waals surface area contributed by atoms with Crippen LogP contribution in [0.4, 0.5) is 11.4 Å². The van der Waals surface area contributed by atoms with Crippen LogP contribution in [0.15, 0.2) is 24.3 Å². The van der Waals surface area contributed by atoms with E-state index in [0.29, 0.717) is 0 Å². The highest BCUT2D eigenvalue weighted by Gasteiger charge is 2.36. The minimum Gasteiger partial charge on any atom is -0.399 e. The highest BCUT2D eigenvalue weighted by molar-refractivity contribution is 5.55. The van der Waals surface area contributed by atoms with Gasteiger partial charge in [0.05, 0.1) is 0 Å². The van der Waals surface area contributed by atoms with E-state index in [1.165, 1.54) is 37.8 Å². The van der Waals surface area contributed by atoms with E-state index < -0.39 is 0 Å². The summed E-state index contributed by atoms with van der Waals surface area (Å²) in [4.78, 5) is 2.63. The van der Waals surface area contributed by atoms with Crippen LogP contribution in [0.25, 0.3) is 0 Å². The lowest BCUT2D eigenvalue weighted by Crippen LogP contribution is -2.41. The monoisotopic (exact) mass is 202 g/mol. The van der Waals surface area contributed by atoms with Gasteiger partial charge in [0, 0.05) is 23.5 Å². The molecule has 0 heterocycles. The molecule has 2 aliphatic carbocycles. The maximum Gasteiger partial charge on any atom is 0.0372 e. The Morgan fingerprint density at radius 2 is 1.53 bits per heavy atom. The van der Waals surface area contributed by atoms with E-state index in [1.54, 1.807) is 0 Å². The topological polar surface area (TPSA) is 29.3 Å². The van der Waals surface area contributed by atoms with Crippen molar-refractivity contribution in [2.45, 2.75) is 44.2 Å². The summed E-state index contributed by atoms with van der Waals surface area (Å²) in [7, 11) is 0. The SMILES string of the molecule is Nc1ccc(N(C2CCC2)C2CC2)cc1. The van der Waals surface area contributed by atoms with E-state index in [-0.39, 0.29) is 0 Å². The molecular weight excluding hydrogens is 184 g/mol. The molecule has 80 valence electrons. The standard InChI is InChI=1S/C13H18N2/c14-10-4-6-12(7-5-10)15(13-8-9-13)11-2-1-3-11/h4-7,11,13H,1-3,8-9,14H2. The van der Waals surface area contributed by atoms with Gasteiger partial charge in [-0.15, -0.1) is 0 Å². The van der Waals surface area contributed by atoms with Gasteiger partial charge in [0.25, 0.3) is 0 Å². The van der Waals surface area contributed by atoms with Crippen LogP contribution in [0.5, 0.6) is 0 Å². The first-order valence-corrected chi connectivity index (χ1v) is 5.98. The van der Waals surface area contributed by atoms with Gasteiger partial charge < -0.3 is 10.6 Å². The van der Waals surface area contributed by atoms with Crippen LogP contribution in [0.1, 0.15) is 32.1 Å². The van der Waals surface area contributed by atoms with Gasteiger partial charge in [-0.3, -0.25) is 0 Å². The fourth-order valence-electron chi connectivity index (χ4n) is 2.38. The smallest absolute Gasteiger partial charge is 0.0372 e. The summed E-state index contributed by atoms with van der Waals surface area (Å²) >= 11 is 0. The zero-order valence-electron chi connectivity index (χ0n) is 9.02. The first-order chi connectivity index (χ1) is 7.34. The van der Waals surface area contributed by atoms with Crippen LogP contribution >= 0.6 is 0 Å². The maximum absolute atomic E-state index is 5.72. The quantitative estimate of drug-likeness (QED) is 0.764. The molecule has 0 atom stereocenters. The fraction of sp³-hybridized carbons (Fsp3) is 0.538. The molecule has 2 saturated carbocycles. The molecular formula is C13H18N2. The van der Waals surface area contributed by atoms with Crippen molar-refractivity contribution in [1.29, 1.82) is 0 Å². The normalized spacial score (nSPS) is 21.1. The largest absolute Gasteiger partial charge is 0.399 e. The van der Waals surface area contributed by atoms with Crippen LogP contribution in [0, 0.1) is 0 Å². The number of hydrogen-bond donors (Lipinski definition) is 1. The van der Waals surface area contributed by atoms with Gasteiger partial charge in [0.15, 0.2) is 0 Å². The third-order valence-corrected chi connectivity index (χ3v) is 3.60. The number of nitrogens with two attached hydrogens (primary N) is 1. The molecule has 2 heteroatoms. The highest BCUT2D eigenvalue weighted by Crippen LogP contribution is 2.39. The van der Waals surface area contributed by atoms with E-state index in [4.69, 9.17) is 5.73 Å². The van der Waals surface area contributed by atoms with Crippen molar-refractivity contribution in [3.63, 3.8) is 0 Å². The van der Waals surface area contributed by atoms with Crippen molar-refractivity contribution in [1.82, 2.24) is 0 Å². The van der Waals surface area contributed by atoms with Crippen LogP contribution < -0.4 is 10.6 Å². The van der Waals surface area contributed by atoms with E-state index in [0.717, 1.165) is 17.8 Å². The number of benzene rings is 1. The van der Waals surface area contributed by atoms with Crippen molar-refractivity contribution < 1.29 is 0 Å². The number of anilines is 2. The molecule has 2 aliphatic rings. The van der Waals surface area contributed by atoms with Gasteiger partial charge in [-0.05, 0) is 56.4 Å². The van der Waals surface area contributed by atoms with Crippen LogP contribution in [0.2, 0.25) is 0 Å². The van der Waals surface area contributed by atoms with Crippen molar-refractivity contribution in [2.75, 3.05) is 10.6 Å². The number of rotatable bonds is 3. The predicted molar refractivity (Wildman–Crippen MR) is 64.0 cm³/mol. The van der Waals surface area contributed by atoms with E-state index in [1.807, 2.05) is 12.1 Å². The van der Waals surface area contributed by atoms with E-state index >= 15 is 0 Å². The molecule has 3 rings (SSSR count). The van der Waals surface area contributed by atoms with Gasteiger partial charge in [0.1, 0.15) is 0 Å². The van der Waals surface area contributed by atoms with Crippen molar-refractivity contribution >= 4 is 11.4 Å². The third kappa shape index (κ3) is 1.69. The summed E-state index contributed by atoms with van der Waals surface area (Å²) in [6, 6.07) is 10.0. The van der Waals surface area contributed by atoms with Gasteiger partial charge in [-0.2, -0.15) is 0 Å². The molecule has 0 unspecified atom stereocenters. The lowest BCUT2D eigenvalue weighted by Gasteiger charge is -2.39. The summed E-state index contributed by atoms with van der Waals surface area (Å²) in [5, 5.41) is 0. The Bertz CT molecular complexity index is 336. The molecule has 2 N–H and O–H groups in total. The molecule has 0 spiro atoms. The Balaban J connectivity index is 1.84. The van der Waals surface area contributed by atoms with Crippen molar-refractivity contribution in [3.8, 4) is 0 Å². The van der Waals surface area contributed by atoms with Crippen LogP contribution in [-0.2, 0) is 0 Å². The van der Waals surface area contributed by atoms with Gasteiger partial charge >= 0.3 is 0 Å². The summed E-state index contributed by atoms with van der Waals surface area (Å²) in [6.45, 7) is 0. The lowest BCUT2D eigenvalue weighted by atomic mass is 9.91. The van der Waals surface area contributed by atoms with Gasteiger partial charge in [-0.1, -0.05) is 0 Å². The zero-order chi connectivity index (χ0) is 10.3. The average Bonchev–Trinajstić information content (AvgIpc) is 2.96. The minimum atomic E-state index is 0.807. The Hall–Kier alpha value is -1.18. The molecule has 0 aromatic heterocycles. The molecule has 0 bridgehead atoms. The van der Waals surface area contributed by atoms with E-state index in [9.17, 15) is 0 Å². The number of nitrogens with zero attached hydrogens (tertiary/aromatic N) is 1. The molecule has 2 fully saturated rings. The summed E-state index contributed by atoms with van der Waals surface area (Å²) in [6.07, 6.45) is 6.91. The Morgan fingerprint density at radius 3 is 2.00 bits per heavy atom. The first kappa shape index (κ1) is 9.08. The van der Waals surface area contributed by atoms with Gasteiger partial charge in [-0.25, -0.2) is 0 Å². The first-order valence-electron chi connectivity index (χ1n) is 5.98. The zero-order valence-corrected chi connectivity index (χ0v) is 9.02. The Morgan fingerprint density at radius 1 is 0.933 bits per heavy atom. The van der Waals surface area contributed by atoms with Gasteiger partial charge in [0.2, 0.25) is 0 Å². The number of nitrogen functional groups attached to an aromatic ring is 1. The molecule has 0 radical (unpaired) electrons. The second kappa shape index (κ2) is 3.44. The molecule has 0 saturated heterocycles. The Kier molecular flexibility index (Phi) is 2.08. The second-order valence-corrected chi connectivity index (χ2v) is 4.81. The molecule has 15 heavy (non-hydrogen) atoms. The highest BCUT2D eigenvalue weighted by atomic mass is 15.2. The summed E-state index contributed by atoms with van der Waals surface area (Å²) in [5.41, 5.74) is 7.96. The minimum absolute atomic E-state index is 0.807. The summed E-state index contributed by atoms with van der Waals surface area (Å²) < 4.78 is 0. The van der Waals surface area contributed by atoms with Crippen molar-refractivity contribution in [2.24, 2.45) is 0 Å². The third-order valence-electron chi connectivity index (χ3n) is 3.60.